The molecule has 1 aliphatic rings. The standard InChI is InChI=1S/C32H38FNO3/c1-8-32(30(35)36,37-31(5,6)7)29-22(4)27-19-34(17-23-11-15-25(33)16-12-23)18-26(27)21(3)28(29)24-13-9-20(2)10-14-24/h9-16H,8,17-19H2,1-7H3,(H,35,36). The molecule has 3 aromatic carbocycles. The quantitative estimate of drug-likeness (QED) is 0.364. The highest BCUT2D eigenvalue weighted by Crippen LogP contribution is 2.47. The summed E-state index contributed by atoms with van der Waals surface area (Å²) in [6.45, 7) is 16.0. The summed E-state index contributed by atoms with van der Waals surface area (Å²) in [4.78, 5) is 15.4. The van der Waals surface area contributed by atoms with Gasteiger partial charge in [-0.1, -0.05) is 48.9 Å². The van der Waals surface area contributed by atoms with Crippen LogP contribution in [0.15, 0.2) is 48.5 Å². The number of carboxylic acid groups (broad SMARTS) is 1. The second-order valence-corrected chi connectivity index (χ2v) is 11.3. The van der Waals surface area contributed by atoms with E-state index in [4.69, 9.17) is 4.74 Å². The lowest BCUT2D eigenvalue weighted by molar-refractivity contribution is -0.188. The molecule has 4 nitrogen and oxygen atoms in total. The van der Waals surface area contributed by atoms with Crippen molar-refractivity contribution >= 4 is 5.97 Å². The Morgan fingerprint density at radius 2 is 1.51 bits per heavy atom. The van der Waals surface area contributed by atoms with Crippen molar-refractivity contribution in [1.29, 1.82) is 0 Å². The molecule has 0 aliphatic carbocycles. The summed E-state index contributed by atoms with van der Waals surface area (Å²) in [5, 5.41) is 10.7. The number of aryl methyl sites for hydroxylation is 1. The van der Waals surface area contributed by atoms with E-state index >= 15 is 0 Å². The fourth-order valence-electron chi connectivity index (χ4n) is 5.73. The molecule has 0 fully saturated rings. The molecule has 0 amide bonds. The van der Waals surface area contributed by atoms with E-state index < -0.39 is 17.2 Å². The van der Waals surface area contributed by atoms with Crippen molar-refractivity contribution in [3.05, 3.63) is 93.3 Å². The van der Waals surface area contributed by atoms with E-state index in [0.717, 1.165) is 45.5 Å². The van der Waals surface area contributed by atoms with Crippen LogP contribution in [0, 0.1) is 26.6 Å². The van der Waals surface area contributed by atoms with Gasteiger partial charge in [-0.3, -0.25) is 4.90 Å². The fourth-order valence-corrected chi connectivity index (χ4v) is 5.73. The van der Waals surface area contributed by atoms with Gasteiger partial charge in [-0.15, -0.1) is 0 Å². The zero-order chi connectivity index (χ0) is 27.1. The summed E-state index contributed by atoms with van der Waals surface area (Å²) in [6, 6.07) is 14.9. The van der Waals surface area contributed by atoms with Crippen molar-refractivity contribution in [2.45, 2.75) is 85.7 Å². The van der Waals surface area contributed by atoms with E-state index in [-0.39, 0.29) is 5.82 Å². The molecular formula is C32H38FNO3. The maximum absolute atomic E-state index is 13.5. The second kappa shape index (κ2) is 10.0. The van der Waals surface area contributed by atoms with Gasteiger partial charge in [0.15, 0.2) is 5.60 Å². The molecule has 1 N–H and O–H groups in total. The molecule has 1 unspecified atom stereocenters. The molecule has 0 spiro atoms. The molecule has 196 valence electrons. The van der Waals surface area contributed by atoms with E-state index in [1.54, 1.807) is 0 Å². The smallest absolute Gasteiger partial charge is 0.340 e. The molecule has 0 saturated heterocycles. The van der Waals surface area contributed by atoms with Crippen LogP contribution in [0.4, 0.5) is 4.39 Å². The number of rotatable bonds is 7. The molecule has 37 heavy (non-hydrogen) atoms. The average molecular weight is 504 g/mol. The summed E-state index contributed by atoms with van der Waals surface area (Å²) < 4.78 is 19.9. The lowest BCUT2D eigenvalue weighted by Crippen LogP contribution is -2.45. The Kier molecular flexibility index (Phi) is 7.33. The number of nitrogens with zero attached hydrogens (tertiary/aromatic N) is 1. The average Bonchev–Trinajstić information content (AvgIpc) is 3.26. The summed E-state index contributed by atoms with van der Waals surface area (Å²) in [5.74, 6) is -1.21. The number of hydrogen-bond donors (Lipinski definition) is 1. The van der Waals surface area contributed by atoms with Crippen LogP contribution in [-0.2, 0) is 34.8 Å². The fraction of sp³-hybridized carbons (Fsp3) is 0.406. The van der Waals surface area contributed by atoms with Gasteiger partial charge in [0.05, 0.1) is 5.60 Å². The Balaban J connectivity index is 1.93. The minimum atomic E-state index is -1.49. The van der Waals surface area contributed by atoms with Crippen LogP contribution in [0.25, 0.3) is 11.1 Å². The third kappa shape index (κ3) is 5.21. The molecule has 0 bridgehead atoms. The molecule has 0 saturated carbocycles. The summed E-state index contributed by atoms with van der Waals surface area (Å²) in [5.41, 5.74) is 7.23. The lowest BCUT2D eigenvalue weighted by Gasteiger charge is -2.39. The number of aliphatic carboxylic acids is 1. The number of benzene rings is 3. The van der Waals surface area contributed by atoms with Crippen molar-refractivity contribution in [2.24, 2.45) is 0 Å². The monoisotopic (exact) mass is 503 g/mol. The third-order valence-electron chi connectivity index (χ3n) is 7.42. The van der Waals surface area contributed by atoms with Crippen molar-refractivity contribution in [2.75, 3.05) is 0 Å². The Morgan fingerprint density at radius 3 is 2.03 bits per heavy atom. The van der Waals surface area contributed by atoms with Gasteiger partial charge in [-0.25, -0.2) is 9.18 Å². The van der Waals surface area contributed by atoms with Crippen LogP contribution in [0.5, 0.6) is 0 Å². The highest BCUT2D eigenvalue weighted by atomic mass is 19.1. The van der Waals surface area contributed by atoms with Crippen molar-refractivity contribution < 1.29 is 19.0 Å². The van der Waals surface area contributed by atoms with E-state index in [0.29, 0.717) is 19.5 Å². The van der Waals surface area contributed by atoms with Crippen LogP contribution in [-0.4, -0.2) is 21.6 Å². The number of hydrogen-bond acceptors (Lipinski definition) is 3. The molecule has 1 atom stereocenters. The summed E-state index contributed by atoms with van der Waals surface area (Å²) in [6.07, 6.45) is 0.302. The molecular weight excluding hydrogens is 465 g/mol. The van der Waals surface area contributed by atoms with Gasteiger partial charge in [0, 0.05) is 25.2 Å². The maximum Gasteiger partial charge on any atom is 0.340 e. The van der Waals surface area contributed by atoms with Crippen molar-refractivity contribution in [3.63, 3.8) is 0 Å². The Bertz CT molecular complexity index is 1310. The molecule has 1 heterocycles. The molecule has 5 heteroatoms. The van der Waals surface area contributed by atoms with Gasteiger partial charge in [0.1, 0.15) is 5.82 Å². The Labute approximate surface area is 220 Å². The second-order valence-electron chi connectivity index (χ2n) is 11.3. The van der Waals surface area contributed by atoms with E-state index in [2.05, 4.69) is 43.0 Å². The first-order valence-electron chi connectivity index (χ1n) is 13.0. The van der Waals surface area contributed by atoms with E-state index in [1.807, 2.05) is 46.8 Å². The maximum atomic E-state index is 13.5. The molecule has 0 aromatic heterocycles. The zero-order valence-electron chi connectivity index (χ0n) is 23.0. The van der Waals surface area contributed by atoms with Gasteiger partial charge >= 0.3 is 5.97 Å². The zero-order valence-corrected chi connectivity index (χ0v) is 23.0. The number of fused-ring (bicyclic) bond motifs is 1. The van der Waals surface area contributed by atoms with Gasteiger partial charge in [0.25, 0.3) is 0 Å². The van der Waals surface area contributed by atoms with Gasteiger partial charge in [-0.05, 0) is 99.0 Å². The minimum Gasteiger partial charge on any atom is -0.479 e. The molecule has 3 aromatic rings. The largest absolute Gasteiger partial charge is 0.479 e. The number of halogens is 1. The Morgan fingerprint density at radius 1 is 0.946 bits per heavy atom. The highest BCUT2D eigenvalue weighted by molar-refractivity contribution is 5.87. The molecule has 1 aliphatic heterocycles. The lowest BCUT2D eigenvalue weighted by atomic mass is 9.76. The van der Waals surface area contributed by atoms with Gasteiger partial charge < -0.3 is 9.84 Å². The van der Waals surface area contributed by atoms with E-state index in [9.17, 15) is 14.3 Å². The predicted molar refractivity (Wildman–Crippen MR) is 146 cm³/mol. The SMILES string of the molecule is CCC(OC(C)(C)C)(C(=O)O)c1c(C)c2c(c(C)c1-c1ccc(C)cc1)CN(Cc1ccc(F)cc1)C2. The van der Waals surface area contributed by atoms with Crippen LogP contribution in [0.2, 0.25) is 0 Å². The van der Waals surface area contributed by atoms with Crippen molar-refractivity contribution in [3.8, 4) is 11.1 Å². The predicted octanol–water partition coefficient (Wildman–Crippen LogP) is 7.44. The van der Waals surface area contributed by atoms with E-state index in [1.165, 1.54) is 23.3 Å². The number of carboxylic acids is 1. The van der Waals surface area contributed by atoms with Gasteiger partial charge in [0.2, 0.25) is 0 Å². The molecule has 0 radical (unpaired) electrons. The first-order valence-corrected chi connectivity index (χ1v) is 13.0. The molecule has 4 rings (SSSR count). The third-order valence-corrected chi connectivity index (χ3v) is 7.42. The first-order chi connectivity index (χ1) is 17.4. The topological polar surface area (TPSA) is 49.8 Å². The van der Waals surface area contributed by atoms with Crippen LogP contribution in [0.1, 0.15) is 73.1 Å². The van der Waals surface area contributed by atoms with Crippen LogP contribution >= 0.6 is 0 Å². The first kappa shape index (κ1) is 27.0. The number of ether oxygens (including phenoxy) is 1. The van der Waals surface area contributed by atoms with Crippen LogP contribution < -0.4 is 0 Å². The number of carbonyl (C=O) groups is 1. The normalized spacial score (nSPS) is 15.5. The Hall–Kier alpha value is -3.02. The summed E-state index contributed by atoms with van der Waals surface area (Å²) >= 11 is 0. The minimum absolute atomic E-state index is 0.240. The van der Waals surface area contributed by atoms with Crippen molar-refractivity contribution in [1.82, 2.24) is 4.90 Å². The van der Waals surface area contributed by atoms with Gasteiger partial charge in [-0.2, -0.15) is 0 Å². The summed E-state index contributed by atoms with van der Waals surface area (Å²) in [7, 11) is 0. The van der Waals surface area contributed by atoms with Crippen LogP contribution in [0.3, 0.4) is 0 Å². The highest BCUT2D eigenvalue weighted by Gasteiger charge is 2.47.